The molecule has 0 unspecified atom stereocenters. The Labute approximate surface area is 142 Å². The molecule has 0 fully saturated rings. The van der Waals surface area contributed by atoms with Gasteiger partial charge in [-0.3, -0.25) is 10.1 Å². The largest absolute Gasteiger partial charge is 0.319 e. The van der Waals surface area contributed by atoms with Crippen LogP contribution in [0.15, 0.2) is 47.8 Å². The van der Waals surface area contributed by atoms with Crippen LogP contribution in [0, 0.1) is 0 Å². The molecule has 0 radical (unpaired) electrons. The Morgan fingerprint density at radius 3 is 2.48 bits per heavy atom. The molecule has 3 N–H and O–H groups in total. The molecule has 0 saturated heterocycles. The number of amides is 1. The lowest BCUT2D eigenvalue weighted by molar-refractivity contribution is -0.706. The van der Waals surface area contributed by atoms with Gasteiger partial charge in [0.15, 0.2) is 0 Å². The molecule has 1 atom stereocenters. The molecule has 1 aromatic heterocycles. The number of hydrogen-bond donors (Lipinski definition) is 2. The topological polar surface area (TPSA) is 45.7 Å². The predicted octanol–water partition coefficient (Wildman–Crippen LogP) is 2.94. The van der Waals surface area contributed by atoms with E-state index in [1.54, 1.807) is 17.4 Å². The highest BCUT2D eigenvalue weighted by molar-refractivity contribution is 7.12. The van der Waals surface area contributed by atoms with Crippen molar-refractivity contribution in [3.05, 3.63) is 58.3 Å². The molecule has 7 heteroatoms. The van der Waals surface area contributed by atoms with Gasteiger partial charge in [0.2, 0.25) is 6.17 Å². The van der Waals surface area contributed by atoms with E-state index in [9.17, 15) is 4.79 Å². The molecule has 0 aliphatic rings. The maximum Gasteiger partial charge on any atom is 0.265 e. The minimum absolute atomic E-state index is 0.245. The first-order valence-electron chi connectivity index (χ1n) is 6.25. The van der Waals surface area contributed by atoms with Crippen molar-refractivity contribution < 1.29 is 10.1 Å². The lowest BCUT2D eigenvalue weighted by Crippen LogP contribution is -2.95. The first-order valence-corrected chi connectivity index (χ1v) is 8.26. The molecule has 0 aliphatic carbocycles. The maximum atomic E-state index is 12.1. The molecule has 0 bridgehead atoms. The Balaban J connectivity index is 2.00. The Morgan fingerprint density at radius 1 is 1.19 bits per heavy atom. The summed E-state index contributed by atoms with van der Waals surface area (Å²) in [6.07, 6.45) is -0.669. The number of carbonyl (C=O) groups excluding carboxylic acids is 1. The Bertz CT molecular complexity index is 570. The SMILES string of the molecule is O=C(N[C@H]([NH2+]Cc1ccccc1)C(Cl)(Cl)Cl)c1cccs1. The number of alkyl halides is 3. The summed E-state index contributed by atoms with van der Waals surface area (Å²) in [4.78, 5) is 12.7. The van der Waals surface area contributed by atoms with Crippen molar-refractivity contribution in [3.63, 3.8) is 0 Å². The van der Waals surface area contributed by atoms with Crippen molar-refractivity contribution in [1.82, 2.24) is 5.32 Å². The van der Waals surface area contributed by atoms with E-state index in [0.717, 1.165) is 5.56 Å². The molecule has 112 valence electrons. The summed E-state index contributed by atoms with van der Waals surface area (Å²) in [6.45, 7) is 0.601. The van der Waals surface area contributed by atoms with E-state index in [-0.39, 0.29) is 5.91 Å². The van der Waals surface area contributed by atoms with Crippen LogP contribution in [0.5, 0.6) is 0 Å². The third-order valence-corrected chi connectivity index (χ3v) is 4.39. The summed E-state index contributed by atoms with van der Waals surface area (Å²) in [6, 6.07) is 13.3. The number of nitrogens with one attached hydrogen (secondary N) is 1. The van der Waals surface area contributed by atoms with Crippen molar-refractivity contribution in [3.8, 4) is 0 Å². The molecule has 0 saturated carbocycles. The summed E-state index contributed by atoms with van der Waals surface area (Å²) in [5.74, 6) is -0.245. The van der Waals surface area contributed by atoms with Gasteiger partial charge in [0.1, 0.15) is 6.54 Å². The average Bonchev–Trinajstić information content (AvgIpc) is 2.97. The van der Waals surface area contributed by atoms with Crippen LogP contribution >= 0.6 is 46.1 Å². The van der Waals surface area contributed by atoms with E-state index < -0.39 is 9.96 Å². The van der Waals surface area contributed by atoms with Gasteiger partial charge in [-0.15, -0.1) is 11.3 Å². The minimum Gasteiger partial charge on any atom is -0.319 e. The van der Waals surface area contributed by atoms with E-state index in [1.165, 1.54) is 11.3 Å². The van der Waals surface area contributed by atoms with Gasteiger partial charge in [-0.1, -0.05) is 71.2 Å². The number of benzene rings is 1. The zero-order chi connectivity index (χ0) is 15.3. The Morgan fingerprint density at radius 2 is 1.90 bits per heavy atom. The van der Waals surface area contributed by atoms with Gasteiger partial charge in [0.25, 0.3) is 9.70 Å². The van der Waals surface area contributed by atoms with E-state index >= 15 is 0 Å². The molecule has 3 nitrogen and oxygen atoms in total. The summed E-state index contributed by atoms with van der Waals surface area (Å²) < 4.78 is -1.60. The number of quaternary nitrogens is 1. The van der Waals surface area contributed by atoms with Crippen molar-refractivity contribution >= 4 is 52.0 Å². The highest BCUT2D eigenvalue weighted by Gasteiger charge is 2.37. The standard InChI is InChI=1S/C14H13Cl3N2OS/c15-14(16,17)13(18-9-10-5-2-1-3-6-10)19-12(20)11-7-4-8-21-11/h1-8,13,18H,9H2,(H,19,20)/p+1/t13-/m0/s1. The van der Waals surface area contributed by atoms with E-state index in [4.69, 9.17) is 34.8 Å². The first-order chi connectivity index (χ1) is 9.97. The van der Waals surface area contributed by atoms with Crippen LogP contribution in [-0.2, 0) is 6.54 Å². The number of rotatable bonds is 5. The molecule has 21 heavy (non-hydrogen) atoms. The van der Waals surface area contributed by atoms with Crippen molar-refractivity contribution in [2.24, 2.45) is 0 Å². The molecule has 0 spiro atoms. The van der Waals surface area contributed by atoms with Crippen LogP contribution in [0.3, 0.4) is 0 Å². The van der Waals surface area contributed by atoms with Crippen molar-refractivity contribution in [1.29, 1.82) is 0 Å². The zero-order valence-corrected chi connectivity index (χ0v) is 14.0. The van der Waals surface area contributed by atoms with Gasteiger partial charge in [-0.05, 0) is 11.4 Å². The minimum atomic E-state index is -1.60. The molecule has 2 rings (SSSR count). The van der Waals surface area contributed by atoms with Crippen LogP contribution in [0.25, 0.3) is 0 Å². The second-order valence-electron chi connectivity index (χ2n) is 4.40. The summed E-state index contributed by atoms with van der Waals surface area (Å²) in [5.41, 5.74) is 1.09. The average molecular weight is 365 g/mol. The molecule has 1 aromatic carbocycles. The number of halogens is 3. The number of thiophene rings is 1. The number of carbonyl (C=O) groups is 1. The predicted molar refractivity (Wildman–Crippen MR) is 87.9 cm³/mol. The van der Waals surface area contributed by atoms with Gasteiger partial charge in [-0.25, -0.2) is 0 Å². The number of hydrogen-bond acceptors (Lipinski definition) is 2. The molecular weight excluding hydrogens is 351 g/mol. The Kier molecular flexibility index (Phi) is 5.90. The molecule has 1 amide bonds. The molecule has 1 heterocycles. The fourth-order valence-corrected chi connectivity index (χ4v) is 2.82. The molecule has 2 aromatic rings. The van der Waals surface area contributed by atoms with E-state index in [0.29, 0.717) is 11.4 Å². The van der Waals surface area contributed by atoms with Crippen LogP contribution in [0.1, 0.15) is 15.2 Å². The fourth-order valence-electron chi connectivity index (χ4n) is 1.76. The van der Waals surface area contributed by atoms with Crippen LogP contribution < -0.4 is 10.6 Å². The van der Waals surface area contributed by atoms with Crippen LogP contribution in [-0.4, -0.2) is 15.9 Å². The summed E-state index contributed by atoms with van der Waals surface area (Å²) >= 11 is 19.2. The summed E-state index contributed by atoms with van der Waals surface area (Å²) in [5, 5.41) is 6.38. The molecular formula is C14H14Cl3N2OS+. The lowest BCUT2D eigenvalue weighted by atomic mass is 10.2. The van der Waals surface area contributed by atoms with Crippen LogP contribution in [0.4, 0.5) is 0 Å². The zero-order valence-electron chi connectivity index (χ0n) is 10.9. The van der Waals surface area contributed by atoms with Crippen molar-refractivity contribution in [2.45, 2.75) is 16.5 Å². The van der Waals surface area contributed by atoms with Gasteiger partial charge in [0.05, 0.1) is 4.88 Å². The van der Waals surface area contributed by atoms with E-state index in [2.05, 4.69) is 5.32 Å². The third kappa shape index (κ3) is 5.16. The lowest BCUT2D eigenvalue weighted by Gasteiger charge is -2.23. The Hall–Kier alpha value is -0.780. The smallest absolute Gasteiger partial charge is 0.265 e. The second kappa shape index (κ2) is 7.47. The number of nitrogens with two attached hydrogens (primary N) is 1. The van der Waals surface area contributed by atoms with Gasteiger partial charge < -0.3 is 5.32 Å². The third-order valence-electron chi connectivity index (χ3n) is 2.82. The fraction of sp³-hybridized carbons (Fsp3) is 0.214. The second-order valence-corrected chi connectivity index (χ2v) is 7.71. The van der Waals surface area contributed by atoms with Gasteiger partial charge in [0, 0.05) is 5.56 Å². The summed E-state index contributed by atoms with van der Waals surface area (Å²) in [7, 11) is 0. The molecule has 0 aliphatic heterocycles. The van der Waals surface area contributed by atoms with Crippen LogP contribution in [0.2, 0.25) is 0 Å². The van der Waals surface area contributed by atoms with Gasteiger partial charge >= 0.3 is 0 Å². The highest BCUT2D eigenvalue weighted by Crippen LogP contribution is 2.27. The highest BCUT2D eigenvalue weighted by atomic mass is 35.6. The van der Waals surface area contributed by atoms with Gasteiger partial charge in [-0.2, -0.15) is 0 Å². The first kappa shape index (κ1) is 16.6. The quantitative estimate of drug-likeness (QED) is 0.622. The maximum absolute atomic E-state index is 12.1. The normalized spacial score (nSPS) is 12.9. The monoisotopic (exact) mass is 363 g/mol. The van der Waals surface area contributed by atoms with E-state index in [1.807, 2.05) is 35.7 Å². The van der Waals surface area contributed by atoms with Crippen molar-refractivity contribution in [2.75, 3.05) is 0 Å².